The fourth-order valence-corrected chi connectivity index (χ4v) is 3.30. The van der Waals surface area contributed by atoms with E-state index in [0.717, 1.165) is 18.7 Å². The molecule has 3 rings (SSSR count). The maximum atomic E-state index is 12.5. The molecule has 2 aromatic carbocycles. The molecule has 0 aromatic heterocycles. The summed E-state index contributed by atoms with van der Waals surface area (Å²) in [6.45, 7) is 3.37. The Kier molecular flexibility index (Phi) is 5.31. The monoisotopic (exact) mass is 360 g/mol. The molecule has 0 spiro atoms. The van der Waals surface area contributed by atoms with Crippen LogP contribution in [0.3, 0.4) is 0 Å². The summed E-state index contributed by atoms with van der Waals surface area (Å²) in [7, 11) is 0. The van der Waals surface area contributed by atoms with Gasteiger partial charge in [0, 0.05) is 16.7 Å². The number of hydrogen-bond donors (Lipinski definition) is 1. The van der Waals surface area contributed by atoms with Gasteiger partial charge in [0.1, 0.15) is 6.54 Å². The van der Waals surface area contributed by atoms with E-state index in [-0.39, 0.29) is 16.5 Å². The molecule has 1 fully saturated rings. The van der Waals surface area contributed by atoms with Crippen molar-refractivity contribution in [2.24, 2.45) is 0 Å². The minimum atomic E-state index is -0.340. The predicted molar refractivity (Wildman–Crippen MR) is 94.9 cm³/mol. The second-order valence-corrected chi connectivity index (χ2v) is 6.55. The van der Waals surface area contributed by atoms with Crippen LogP contribution in [0.4, 0.5) is 5.69 Å². The largest absolute Gasteiger partial charge is 0.328 e. The van der Waals surface area contributed by atoms with Crippen LogP contribution < -0.4 is 4.90 Å². The van der Waals surface area contributed by atoms with Crippen LogP contribution in [0.2, 0.25) is 5.02 Å². The molecule has 7 heteroatoms. The molecule has 130 valence electrons. The van der Waals surface area contributed by atoms with Crippen molar-refractivity contribution in [1.29, 1.82) is 0 Å². The van der Waals surface area contributed by atoms with Gasteiger partial charge in [-0.15, -0.1) is 0 Å². The molecule has 6 nitrogen and oxygen atoms in total. The van der Waals surface area contributed by atoms with Gasteiger partial charge in [0.2, 0.25) is 0 Å². The molecule has 1 aliphatic rings. The number of piperazine rings is 1. The number of rotatable bonds is 4. The Bertz CT molecular complexity index is 789. The maximum absolute atomic E-state index is 12.5. The third kappa shape index (κ3) is 4.15. The number of nitro benzene ring substituents is 1. The lowest BCUT2D eigenvalue weighted by atomic mass is 10.1. The van der Waals surface area contributed by atoms with Crippen molar-refractivity contribution in [3.8, 4) is 0 Å². The van der Waals surface area contributed by atoms with Gasteiger partial charge in [0.15, 0.2) is 0 Å². The standard InChI is InChI=1S/C18H18ClN3O3/c19-16-6-3-5-14(12-16)18(23)21-10-8-20(9-11-21)13-15-4-1-2-7-17(15)22(24)25/h1-7,12H,8-11,13H2/p+1. The van der Waals surface area contributed by atoms with E-state index in [0.29, 0.717) is 30.2 Å². The predicted octanol–water partition coefficient (Wildman–Crippen LogP) is 1.79. The average Bonchev–Trinajstić information content (AvgIpc) is 2.62. The van der Waals surface area contributed by atoms with E-state index in [4.69, 9.17) is 11.6 Å². The molecule has 0 unspecified atom stereocenters. The number of quaternary nitrogens is 1. The van der Waals surface area contributed by atoms with Gasteiger partial charge in [-0.2, -0.15) is 0 Å². The number of amides is 1. The lowest BCUT2D eigenvalue weighted by Crippen LogP contribution is -3.13. The number of hydrogen-bond acceptors (Lipinski definition) is 3. The minimum absolute atomic E-state index is 0.0211. The van der Waals surface area contributed by atoms with E-state index in [9.17, 15) is 14.9 Å². The fraction of sp³-hybridized carbons (Fsp3) is 0.278. The lowest BCUT2D eigenvalue weighted by molar-refractivity contribution is -0.917. The van der Waals surface area contributed by atoms with E-state index in [2.05, 4.69) is 0 Å². The van der Waals surface area contributed by atoms with E-state index in [1.54, 1.807) is 36.4 Å². The van der Waals surface area contributed by atoms with Crippen molar-refractivity contribution >= 4 is 23.2 Å². The summed E-state index contributed by atoms with van der Waals surface area (Å²) in [4.78, 5) is 26.4. The van der Waals surface area contributed by atoms with E-state index in [1.807, 2.05) is 11.0 Å². The Morgan fingerprint density at radius 3 is 2.56 bits per heavy atom. The number of nitro groups is 1. The molecule has 0 atom stereocenters. The SMILES string of the molecule is O=C(c1cccc(Cl)c1)N1CC[NH+](Cc2ccccc2[N+](=O)[O-])CC1. The van der Waals surface area contributed by atoms with Crippen molar-refractivity contribution in [1.82, 2.24) is 4.90 Å². The van der Waals surface area contributed by atoms with Gasteiger partial charge in [-0.3, -0.25) is 14.9 Å². The third-order valence-electron chi connectivity index (χ3n) is 4.46. The van der Waals surface area contributed by atoms with Crippen LogP contribution in [0.5, 0.6) is 0 Å². The quantitative estimate of drug-likeness (QED) is 0.667. The zero-order valence-corrected chi connectivity index (χ0v) is 14.4. The highest BCUT2D eigenvalue weighted by Gasteiger charge is 2.26. The smallest absolute Gasteiger partial charge is 0.278 e. The number of carbonyl (C=O) groups is 1. The van der Waals surface area contributed by atoms with Crippen molar-refractivity contribution in [3.05, 3.63) is 74.8 Å². The van der Waals surface area contributed by atoms with Crippen LogP contribution >= 0.6 is 11.6 Å². The maximum Gasteiger partial charge on any atom is 0.278 e. The van der Waals surface area contributed by atoms with Crippen molar-refractivity contribution in [3.63, 3.8) is 0 Å². The number of benzene rings is 2. The minimum Gasteiger partial charge on any atom is -0.328 e. The summed E-state index contributed by atoms with van der Waals surface area (Å²) < 4.78 is 0. The number of nitrogens with zero attached hydrogens (tertiary/aromatic N) is 2. The van der Waals surface area contributed by atoms with E-state index < -0.39 is 0 Å². The first-order valence-corrected chi connectivity index (χ1v) is 8.53. The van der Waals surface area contributed by atoms with Crippen molar-refractivity contribution in [2.75, 3.05) is 26.2 Å². The number of halogens is 1. The number of carbonyl (C=O) groups excluding carboxylic acids is 1. The van der Waals surface area contributed by atoms with Gasteiger partial charge >= 0.3 is 0 Å². The molecule has 0 radical (unpaired) electrons. The molecule has 0 saturated carbocycles. The first-order chi connectivity index (χ1) is 12.0. The second-order valence-electron chi connectivity index (χ2n) is 6.12. The summed E-state index contributed by atoms with van der Waals surface area (Å²) >= 11 is 5.95. The van der Waals surface area contributed by atoms with Gasteiger partial charge in [-0.25, -0.2) is 0 Å². The molecule has 0 aliphatic carbocycles. The number of para-hydroxylation sites is 1. The Balaban J connectivity index is 1.61. The normalized spacial score (nSPS) is 15.2. The van der Waals surface area contributed by atoms with Crippen LogP contribution in [0.1, 0.15) is 15.9 Å². The van der Waals surface area contributed by atoms with Crippen LogP contribution in [-0.4, -0.2) is 41.9 Å². The molecule has 1 aliphatic heterocycles. The molecule has 1 saturated heterocycles. The van der Waals surface area contributed by atoms with Gasteiger partial charge in [-0.05, 0) is 24.3 Å². The van der Waals surface area contributed by atoms with Crippen LogP contribution in [0.25, 0.3) is 0 Å². The first kappa shape index (κ1) is 17.4. The van der Waals surface area contributed by atoms with E-state index in [1.165, 1.54) is 11.0 Å². The summed E-state index contributed by atoms with van der Waals surface area (Å²) in [6.07, 6.45) is 0. The average molecular weight is 361 g/mol. The zero-order chi connectivity index (χ0) is 17.8. The van der Waals surface area contributed by atoms with Gasteiger partial charge < -0.3 is 9.80 Å². The highest BCUT2D eigenvalue weighted by molar-refractivity contribution is 6.30. The van der Waals surface area contributed by atoms with Crippen LogP contribution in [0.15, 0.2) is 48.5 Å². The highest BCUT2D eigenvalue weighted by Crippen LogP contribution is 2.16. The molecular formula is C18H19ClN3O3+. The van der Waals surface area contributed by atoms with Crippen LogP contribution in [0, 0.1) is 10.1 Å². The first-order valence-electron chi connectivity index (χ1n) is 8.15. The molecular weight excluding hydrogens is 342 g/mol. The molecule has 1 N–H and O–H groups in total. The highest BCUT2D eigenvalue weighted by atomic mass is 35.5. The third-order valence-corrected chi connectivity index (χ3v) is 4.69. The molecule has 25 heavy (non-hydrogen) atoms. The van der Waals surface area contributed by atoms with Gasteiger partial charge in [-0.1, -0.05) is 29.8 Å². The molecule has 1 heterocycles. The second kappa shape index (κ2) is 7.63. The van der Waals surface area contributed by atoms with Gasteiger partial charge in [0.25, 0.3) is 11.6 Å². The molecule has 2 aromatic rings. The Hall–Kier alpha value is -2.44. The van der Waals surface area contributed by atoms with Crippen molar-refractivity contribution < 1.29 is 14.6 Å². The molecule has 0 bridgehead atoms. The summed E-state index contributed by atoms with van der Waals surface area (Å²) in [5.74, 6) is -0.0211. The summed E-state index contributed by atoms with van der Waals surface area (Å²) in [5, 5.41) is 11.7. The van der Waals surface area contributed by atoms with Crippen molar-refractivity contribution in [2.45, 2.75) is 6.54 Å². The Morgan fingerprint density at radius 2 is 1.88 bits per heavy atom. The van der Waals surface area contributed by atoms with E-state index >= 15 is 0 Å². The number of nitrogens with one attached hydrogen (secondary N) is 1. The Morgan fingerprint density at radius 1 is 1.16 bits per heavy atom. The van der Waals surface area contributed by atoms with Crippen LogP contribution in [-0.2, 0) is 6.54 Å². The zero-order valence-electron chi connectivity index (χ0n) is 13.7. The lowest BCUT2D eigenvalue weighted by Gasteiger charge is -2.32. The van der Waals surface area contributed by atoms with Gasteiger partial charge in [0.05, 0.1) is 36.7 Å². The molecule has 1 amide bonds. The Labute approximate surface area is 150 Å². The topological polar surface area (TPSA) is 67.9 Å². The summed E-state index contributed by atoms with van der Waals surface area (Å²) in [5.41, 5.74) is 1.49. The fourth-order valence-electron chi connectivity index (χ4n) is 3.11. The summed E-state index contributed by atoms with van der Waals surface area (Å²) in [6, 6.07) is 13.8.